The number of rotatable bonds is 5. The molecule has 1 aromatic heterocycles. The van der Waals surface area contributed by atoms with Crippen LogP contribution in [0, 0.1) is 23.7 Å². The number of hydrogen-bond donors (Lipinski definition) is 1. The number of thiophene rings is 1. The van der Waals surface area contributed by atoms with Crippen LogP contribution in [-0.2, 0) is 19.1 Å². The number of carbonyl (C=O) groups is 4. The molecule has 2 bridgehead atoms. The number of benzene rings is 1. The molecule has 1 N–H and O–H groups in total. The van der Waals surface area contributed by atoms with E-state index in [2.05, 4.69) is 21.2 Å². The van der Waals surface area contributed by atoms with Gasteiger partial charge in [-0.2, -0.15) is 0 Å². The molecular formula is C25H27BrN2O5S. The zero-order valence-corrected chi connectivity index (χ0v) is 22.2. The Balaban J connectivity index is 1.62. The number of amides is 3. The van der Waals surface area contributed by atoms with Crippen molar-refractivity contribution in [3.8, 4) is 11.1 Å². The number of halogens is 1. The molecule has 3 amide bonds. The number of anilines is 1. The van der Waals surface area contributed by atoms with Gasteiger partial charge in [-0.1, -0.05) is 48.8 Å². The first kappa shape index (κ1) is 24.6. The molecule has 2 aliphatic rings. The van der Waals surface area contributed by atoms with Gasteiger partial charge in [-0.3, -0.25) is 19.3 Å². The molecule has 4 rings (SSSR count). The van der Waals surface area contributed by atoms with E-state index in [0.717, 1.165) is 19.8 Å². The molecule has 2 atom stereocenters. The van der Waals surface area contributed by atoms with Gasteiger partial charge in [0.05, 0.1) is 12.5 Å². The van der Waals surface area contributed by atoms with Crippen molar-refractivity contribution >= 4 is 56.0 Å². The molecule has 1 aliphatic heterocycles. The van der Waals surface area contributed by atoms with Crippen molar-refractivity contribution in [2.24, 2.45) is 16.7 Å². The molecule has 2 aromatic rings. The van der Waals surface area contributed by atoms with Gasteiger partial charge in [0.15, 0.2) is 0 Å². The lowest BCUT2D eigenvalue weighted by Gasteiger charge is -2.47. The molecule has 2 fully saturated rings. The summed E-state index contributed by atoms with van der Waals surface area (Å²) >= 11 is 4.67. The third-order valence-electron chi connectivity index (χ3n) is 7.67. The maximum absolute atomic E-state index is 13.3. The van der Waals surface area contributed by atoms with E-state index in [4.69, 9.17) is 4.74 Å². The summed E-state index contributed by atoms with van der Waals surface area (Å²) < 4.78 is 5.90. The first-order valence-electron chi connectivity index (χ1n) is 11.1. The number of esters is 1. The fourth-order valence-electron chi connectivity index (χ4n) is 5.25. The second kappa shape index (κ2) is 8.61. The van der Waals surface area contributed by atoms with Crippen LogP contribution in [0.15, 0.2) is 28.7 Å². The van der Waals surface area contributed by atoms with Gasteiger partial charge in [0.25, 0.3) is 0 Å². The summed E-state index contributed by atoms with van der Waals surface area (Å²) in [6.45, 7) is 7.28. The number of nitrogens with one attached hydrogen (secondary N) is 1. The molecule has 180 valence electrons. The van der Waals surface area contributed by atoms with Crippen LogP contribution in [0.3, 0.4) is 0 Å². The van der Waals surface area contributed by atoms with Crippen LogP contribution in [0.1, 0.15) is 48.8 Å². The van der Waals surface area contributed by atoms with E-state index in [0.29, 0.717) is 23.4 Å². The highest BCUT2D eigenvalue weighted by Crippen LogP contribution is 2.60. The molecule has 1 aromatic carbocycles. The SMILES string of the molecule is COC(=O)c1c(NC(=O)CN2C(=O)C3CCC(C)(C2=O)C3(C)C)sc(C)c1-c1ccc(Br)cc1. The maximum atomic E-state index is 13.3. The summed E-state index contributed by atoms with van der Waals surface area (Å²) in [6, 6.07) is 7.49. The summed E-state index contributed by atoms with van der Waals surface area (Å²) in [4.78, 5) is 54.0. The smallest absolute Gasteiger partial charge is 0.341 e. The zero-order valence-electron chi connectivity index (χ0n) is 19.8. The number of methoxy groups -OCH3 is 1. The topological polar surface area (TPSA) is 92.8 Å². The van der Waals surface area contributed by atoms with Gasteiger partial charge in [-0.25, -0.2) is 4.79 Å². The minimum Gasteiger partial charge on any atom is -0.465 e. The molecule has 1 saturated heterocycles. The number of nitrogens with zero attached hydrogens (tertiary/aromatic N) is 1. The highest BCUT2D eigenvalue weighted by molar-refractivity contribution is 9.10. The average Bonchev–Trinajstić information content (AvgIpc) is 3.20. The van der Waals surface area contributed by atoms with Gasteiger partial charge < -0.3 is 10.1 Å². The molecule has 2 unspecified atom stereocenters. The van der Waals surface area contributed by atoms with Crippen molar-refractivity contribution in [1.29, 1.82) is 0 Å². The number of ether oxygens (including phenoxy) is 1. The molecule has 34 heavy (non-hydrogen) atoms. The van der Waals surface area contributed by atoms with Gasteiger partial charge in [0, 0.05) is 20.8 Å². The molecule has 0 radical (unpaired) electrons. The number of carbonyl (C=O) groups excluding carboxylic acids is 4. The van der Waals surface area contributed by atoms with Crippen molar-refractivity contribution in [2.45, 2.75) is 40.5 Å². The minimum absolute atomic E-state index is 0.255. The Hall–Kier alpha value is -2.52. The van der Waals surface area contributed by atoms with Crippen LogP contribution in [0.4, 0.5) is 5.00 Å². The molecule has 0 spiro atoms. The lowest BCUT2D eigenvalue weighted by molar-refractivity contribution is -0.168. The van der Waals surface area contributed by atoms with Crippen LogP contribution in [-0.4, -0.2) is 42.2 Å². The van der Waals surface area contributed by atoms with E-state index in [1.165, 1.54) is 18.4 Å². The first-order chi connectivity index (χ1) is 15.9. The van der Waals surface area contributed by atoms with Gasteiger partial charge in [0.2, 0.25) is 17.7 Å². The lowest BCUT2D eigenvalue weighted by atomic mass is 9.62. The van der Waals surface area contributed by atoms with Crippen molar-refractivity contribution in [1.82, 2.24) is 4.90 Å². The van der Waals surface area contributed by atoms with E-state index in [-0.39, 0.29) is 29.8 Å². The number of piperidine rings is 1. The van der Waals surface area contributed by atoms with E-state index >= 15 is 0 Å². The fraction of sp³-hybridized carbons (Fsp3) is 0.440. The van der Waals surface area contributed by atoms with E-state index < -0.39 is 22.7 Å². The van der Waals surface area contributed by atoms with Crippen LogP contribution < -0.4 is 5.32 Å². The number of aryl methyl sites for hydroxylation is 1. The van der Waals surface area contributed by atoms with Gasteiger partial charge in [-0.15, -0.1) is 11.3 Å². The fourth-order valence-corrected chi connectivity index (χ4v) is 6.60. The maximum Gasteiger partial charge on any atom is 0.341 e. The Kier molecular flexibility index (Phi) is 6.23. The Morgan fingerprint density at radius 3 is 2.47 bits per heavy atom. The number of likely N-dealkylation sites (tertiary alicyclic amines) is 1. The van der Waals surface area contributed by atoms with E-state index in [1.54, 1.807) is 0 Å². The molecular weight excluding hydrogens is 520 g/mol. The third kappa shape index (κ3) is 3.69. The quantitative estimate of drug-likeness (QED) is 0.419. The summed E-state index contributed by atoms with van der Waals surface area (Å²) in [6.07, 6.45) is 1.26. The minimum atomic E-state index is -0.683. The van der Waals surface area contributed by atoms with Crippen molar-refractivity contribution in [3.63, 3.8) is 0 Å². The highest BCUT2D eigenvalue weighted by atomic mass is 79.9. The summed E-state index contributed by atoms with van der Waals surface area (Å²) in [5.74, 6) is -2.00. The van der Waals surface area contributed by atoms with Crippen LogP contribution in [0.2, 0.25) is 0 Å². The Bertz CT molecular complexity index is 1200. The normalized spacial score (nSPS) is 23.2. The second-order valence-corrected chi connectivity index (χ2v) is 11.8. The van der Waals surface area contributed by atoms with Crippen LogP contribution >= 0.6 is 27.3 Å². The average molecular weight is 547 g/mol. The summed E-state index contributed by atoms with van der Waals surface area (Å²) in [7, 11) is 1.29. The highest BCUT2D eigenvalue weighted by Gasteiger charge is 2.64. The summed E-state index contributed by atoms with van der Waals surface area (Å²) in [5.41, 5.74) is 0.613. The standard InChI is InChI=1S/C25H27BrN2O5S/c1-13-18(14-6-8-15(26)9-7-14)19(22(31)33-5)20(34-13)27-17(29)12-28-21(30)16-10-11-25(4,23(28)32)24(16,2)3/h6-9,16H,10-12H2,1-5H3,(H,27,29). The second-order valence-electron chi connectivity index (χ2n) is 9.66. The molecule has 7 nitrogen and oxygen atoms in total. The van der Waals surface area contributed by atoms with E-state index in [1.807, 2.05) is 52.0 Å². The monoisotopic (exact) mass is 546 g/mol. The molecule has 1 aliphatic carbocycles. The lowest BCUT2D eigenvalue weighted by Crippen LogP contribution is -2.60. The van der Waals surface area contributed by atoms with Crippen LogP contribution in [0.25, 0.3) is 11.1 Å². The van der Waals surface area contributed by atoms with Gasteiger partial charge >= 0.3 is 5.97 Å². The van der Waals surface area contributed by atoms with Crippen LogP contribution in [0.5, 0.6) is 0 Å². The van der Waals surface area contributed by atoms with Gasteiger partial charge in [-0.05, 0) is 42.9 Å². The Morgan fingerprint density at radius 1 is 1.21 bits per heavy atom. The van der Waals surface area contributed by atoms with Crippen molar-refractivity contribution in [3.05, 3.63) is 39.2 Å². The van der Waals surface area contributed by atoms with Crippen molar-refractivity contribution < 1.29 is 23.9 Å². The Labute approximate surface area is 211 Å². The molecule has 9 heteroatoms. The largest absolute Gasteiger partial charge is 0.465 e. The number of imide groups is 1. The number of fused-ring (bicyclic) bond motifs is 2. The van der Waals surface area contributed by atoms with Gasteiger partial charge in [0.1, 0.15) is 17.1 Å². The number of hydrogen-bond acceptors (Lipinski definition) is 6. The first-order valence-corrected chi connectivity index (χ1v) is 12.7. The summed E-state index contributed by atoms with van der Waals surface area (Å²) in [5, 5.41) is 3.10. The third-order valence-corrected chi connectivity index (χ3v) is 9.22. The predicted octanol–water partition coefficient (Wildman–Crippen LogP) is 5.02. The van der Waals surface area contributed by atoms with E-state index in [9.17, 15) is 19.2 Å². The Morgan fingerprint density at radius 2 is 1.85 bits per heavy atom. The zero-order chi connectivity index (χ0) is 25.0. The molecule has 2 heterocycles. The molecule has 1 saturated carbocycles. The predicted molar refractivity (Wildman–Crippen MR) is 133 cm³/mol. The van der Waals surface area contributed by atoms with Crippen molar-refractivity contribution in [2.75, 3.05) is 19.0 Å².